The van der Waals surface area contributed by atoms with E-state index < -0.39 is 0 Å². The van der Waals surface area contributed by atoms with Gasteiger partial charge in [0.05, 0.1) is 0 Å². The number of carbonyl (C=O) groups is 1. The highest BCUT2D eigenvalue weighted by Crippen LogP contribution is 2.34. The molecule has 2 rings (SSSR count). The van der Waals surface area contributed by atoms with Crippen LogP contribution < -0.4 is 5.32 Å². The molecule has 1 aliphatic carbocycles. The van der Waals surface area contributed by atoms with E-state index in [-0.39, 0.29) is 11.4 Å². The van der Waals surface area contributed by atoms with Crippen LogP contribution in [-0.4, -0.2) is 11.4 Å². The Morgan fingerprint density at radius 3 is 2.79 bits per heavy atom. The van der Waals surface area contributed by atoms with Gasteiger partial charge >= 0.3 is 0 Å². The molecule has 0 atom stereocenters. The Labute approximate surface area is 89.1 Å². The number of carbonyl (C=O) groups excluding carboxylic acids is 1. The first-order chi connectivity index (χ1) is 6.59. The normalized spacial score (nSPS) is 17.6. The maximum atomic E-state index is 11.7. The minimum atomic E-state index is 0.000833. The second-order valence-corrected chi connectivity index (χ2v) is 4.58. The number of hydrogen-bond acceptors (Lipinski definition) is 2. The van der Waals surface area contributed by atoms with Crippen LogP contribution in [0.25, 0.3) is 0 Å². The number of rotatable bonds is 2. The molecule has 0 radical (unpaired) electrons. The molecule has 0 unspecified atom stereocenters. The molecule has 1 fully saturated rings. The predicted octanol–water partition coefficient (Wildman–Crippen LogP) is 2.26. The Balaban J connectivity index is 2.11. The molecule has 1 aromatic carbocycles. The van der Waals surface area contributed by atoms with E-state index in [9.17, 15) is 4.79 Å². The molecule has 0 aromatic heterocycles. The summed E-state index contributed by atoms with van der Waals surface area (Å²) in [6.07, 6.45) is 2.17. The van der Waals surface area contributed by atoms with E-state index in [2.05, 4.69) is 24.9 Å². The van der Waals surface area contributed by atoms with Gasteiger partial charge in [-0.1, -0.05) is 6.07 Å². The lowest BCUT2D eigenvalue weighted by Gasteiger charge is -2.11. The van der Waals surface area contributed by atoms with Crippen LogP contribution in [0.5, 0.6) is 0 Å². The Morgan fingerprint density at radius 2 is 2.21 bits per heavy atom. The summed E-state index contributed by atoms with van der Waals surface area (Å²) in [4.78, 5) is 12.5. The highest BCUT2D eigenvalue weighted by Gasteiger charge is 2.38. The van der Waals surface area contributed by atoms with Crippen molar-refractivity contribution in [1.29, 1.82) is 0 Å². The molecule has 3 heteroatoms. The molecule has 74 valence electrons. The molecule has 0 heterocycles. The van der Waals surface area contributed by atoms with Crippen molar-refractivity contribution in [1.82, 2.24) is 5.32 Å². The summed E-state index contributed by atoms with van der Waals surface area (Å²) in [6.45, 7) is 2.06. The molecule has 1 saturated carbocycles. The Kier molecular flexibility index (Phi) is 2.27. The SMILES string of the molecule is CC1(NC(=O)c2cccc(S)c2)CC1. The van der Waals surface area contributed by atoms with Crippen molar-refractivity contribution in [2.24, 2.45) is 0 Å². The maximum absolute atomic E-state index is 11.7. The minimum absolute atomic E-state index is 0.000833. The average Bonchev–Trinajstić information content (AvgIpc) is 2.83. The van der Waals surface area contributed by atoms with Gasteiger partial charge in [-0.3, -0.25) is 4.79 Å². The third kappa shape index (κ3) is 2.10. The van der Waals surface area contributed by atoms with Gasteiger partial charge in [-0.15, -0.1) is 12.6 Å². The fourth-order valence-electron chi connectivity index (χ4n) is 1.31. The summed E-state index contributed by atoms with van der Waals surface area (Å²) in [5, 5.41) is 3.00. The van der Waals surface area contributed by atoms with E-state index in [1.807, 2.05) is 12.1 Å². The van der Waals surface area contributed by atoms with E-state index in [1.54, 1.807) is 12.1 Å². The topological polar surface area (TPSA) is 29.1 Å². The summed E-state index contributed by atoms with van der Waals surface area (Å²) < 4.78 is 0. The van der Waals surface area contributed by atoms with Crippen molar-refractivity contribution >= 4 is 18.5 Å². The zero-order chi connectivity index (χ0) is 10.2. The van der Waals surface area contributed by atoms with Crippen molar-refractivity contribution in [3.63, 3.8) is 0 Å². The maximum Gasteiger partial charge on any atom is 0.251 e. The van der Waals surface area contributed by atoms with Gasteiger partial charge in [-0.2, -0.15) is 0 Å². The Bertz CT molecular complexity index is 371. The number of benzene rings is 1. The molecular formula is C11H13NOS. The molecule has 0 bridgehead atoms. The lowest BCUT2D eigenvalue weighted by atomic mass is 10.2. The first kappa shape index (κ1) is 9.59. The summed E-state index contributed by atoms with van der Waals surface area (Å²) >= 11 is 4.20. The highest BCUT2D eigenvalue weighted by atomic mass is 32.1. The van der Waals surface area contributed by atoms with Gasteiger partial charge in [0, 0.05) is 16.0 Å². The molecule has 2 nitrogen and oxygen atoms in total. The first-order valence-corrected chi connectivity index (χ1v) is 5.15. The summed E-state index contributed by atoms with van der Waals surface area (Å²) in [7, 11) is 0. The van der Waals surface area contributed by atoms with Gasteiger partial charge in [-0.25, -0.2) is 0 Å². The van der Waals surface area contributed by atoms with Gasteiger partial charge in [0.25, 0.3) is 5.91 Å². The van der Waals surface area contributed by atoms with Gasteiger partial charge in [0.15, 0.2) is 0 Å². The lowest BCUT2D eigenvalue weighted by molar-refractivity contribution is 0.0935. The number of nitrogens with one attached hydrogen (secondary N) is 1. The van der Waals surface area contributed by atoms with Crippen LogP contribution in [0.15, 0.2) is 29.2 Å². The van der Waals surface area contributed by atoms with Crippen molar-refractivity contribution in [3.05, 3.63) is 29.8 Å². The van der Waals surface area contributed by atoms with E-state index in [0.29, 0.717) is 5.56 Å². The molecule has 0 aliphatic heterocycles. The van der Waals surface area contributed by atoms with Crippen molar-refractivity contribution < 1.29 is 4.79 Å². The number of hydrogen-bond donors (Lipinski definition) is 2. The fourth-order valence-corrected chi connectivity index (χ4v) is 1.53. The van der Waals surface area contributed by atoms with Crippen LogP contribution in [0.3, 0.4) is 0 Å². The van der Waals surface area contributed by atoms with Gasteiger partial charge in [0.1, 0.15) is 0 Å². The molecule has 0 spiro atoms. The van der Waals surface area contributed by atoms with Crippen LogP contribution >= 0.6 is 12.6 Å². The Morgan fingerprint density at radius 1 is 1.50 bits per heavy atom. The molecule has 1 aromatic rings. The van der Waals surface area contributed by atoms with E-state index >= 15 is 0 Å². The predicted molar refractivity (Wildman–Crippen MR) is 58.8 cm³/mol. The number of thiol groups is 1. The molecule has 0 saturated heterocycles. The zero-order valence-corrected chi connectivity index (χ0v) is 8.97. The van der Waals surface area contributed by atoms with Crippen molar-refractivity contribution in [2.45, 2.75) is 30.2 Å². The van der Waals surface area contributed by atoms with Crippen LogP contribution in [-0.2, 0) is 0 Å². The van der Waals surface area contributed by atoms with E-state index in [1.165, 1.54) is 0 Å². The lowest BCUT2D eigenvalue weighted by Crippen LogP contribution is -2.34. The zero-order valence-electron chi connectivity index (χ0n) is 8.08. The quantitative estimate of drug-likeness (QED) is 0.716. The van der Waals surface area contributed by atoms with Gasteiger partial charge < -0.3 is 5.32 Å². The fraction of sp³-hybridized carbons (Fsp3) is 0.364. The molecule has 1 aliphatic rings. The smallest absolute Gasteiger partial charge is 0.251 e. The molecule has 14 heavy (non-hydrogen) atoms. The average molecular weight is 207 g/mol. The standard InChI is InChI=1S/C11H13NOS/c1-11(5-6-11)12-10(13)8-3-2-4-9(14)7-8/h2-4,7,14H,5-6H2,1H3,(H,12,13). The van der Waals surface area contributed by atoms with Crippen molar-refractivity contribution in [3.8, 4) is 0 Å². The molecule has 1 N–H and O–H groups in total. The van der Waals surface area contributed by atoms with E-state index in [0.717, 1.165) is 17.7 Å². The Hall–Kier alpha value is -0.960. The highest BCUT2D eigenvalue weighted by molar-refractivity contribution is 7.80. The summed E-state index contributed by atoms with van der Waals surface area (Å²) in [5.41, 5.74) is 0.731. The number of amides is 1. The monoisotopic (exact) mass is 207 g/mol. The first-order valence-electron chi connectivity index (χ1n) is 4.71. The third-order valence-electron chi connectivity index (χ3n) is 2.52. The van der Waals surface area contributed by atoms with Crippen LogP contribution in [0, 0.1) is 0 Å². The van der Waals surface area contributed by atoms with Crippen LogP contribution in [0.4, 0.5) is 0 Å². The van der Waals surface area contributed by atoms with Crippen LogP contribution in [0.2, 0.25) is 0 Å². The summed E-state index contributed by atoms with van der Waals surface area (Å²) in [5.74, 6) is 0.000833. The van der Waals surface area contributed by atoms with Crippen molar-refractivity contribution in [2.75, 3.05) is 0 Å². The molecule has 1 amide bonds. The van der Waals surface area contributed by atoms with Crippen LogP contribution in [0.1, 0.15) is 30.1 Å². The van der Waals surface area contributed by atoms with Gasteiger partial charge in [-0.05, 0) is 38.0 Å². The summed E-state index contributed by atoms with van der Waals surface area (Å²) in [6, 6.07) is 7.29. The largest absolute Gasteiger partial charge is 0.347 e. The molecular weight excluding hydrogens is 194 g/mol. The third-order valence-corrected chi connectivity index (χ3v) is 2.80. The second-order valence-electron chi connectivity index (χ2n) is 4.07. The minimum Gasteiger partial charge on any atom is -0.347 e. The second kappa shape index (κ2) is 3.31. The van der Waals surface area contributed by atoms with Gasteiger partial charge in [0.2, 0.25) is 0 Å². The van der Waals surface area contributed by atoms with E-state index in [4.69, 9.17) is 0 Å².